The van der Waals surface area contributed by atoms with Crippen LogP contribution in [0.1, 0.15) is 12.8 Å². The molecule has 0 radical (unpaired) electrons. The Morgan fingerprint density at radius 3 is 2.91 bits per heavy atom. The van der Waals surface area contributed by atoms with Crippen molar-refractivity contribution in [2.24, 2.45) is 0 Å². The van der Waals surface area contributed by atoms with Gasteiger partial charge in [0.25, 0.3) is 0 Å². The normalized spacial score (nSPS) is 30.4. The Kier molecular flexibility index (Phi) is 2.82. The molecule has 0 aromatic carbocycles. The van der Waals surface area contributed by atoms with Gasteiger partial charge in [0.05, 0.1) is 7.11 Å². The summed E-state index contributed by atoms with van der Waals surface area (Å²) in [6.45, 7) is -0.409. The van der Waals surface area contributed by atoms with Gasteiger partial charge in [0.1, 0.15) is 12.7 Å². The Bertz CT molecular complexity index is 151. The number of hydrogen-bond acceptors (Lipinski definition) is 3. The zero-order valence-corrected chi connectivity index (χ0v) is 6.47. The first-order valence-electron chi connectivity index (χ1n) is 3.67. The fourth-order valence-electron chi connectivity index (χ4n) is 1.27. The Morgan fingerprint density at radius 1 is 1.73 bits per heavy atom. The summed E-state index contributed by atoms with van der Waals surface area (Å²) in [6.07, 6.45) is 1.40. The molecule has 11 heavy (non-hydrogen) atoms. The number of hydrogen-bond donors (Lipinski definition) is 1. The Balaban J connectivity index is 2.35. The van der Waals surface area contributed by atoms with E-state index < -0.39 is 6.67 Å². The number of alkyl halides is 1. The van der Waals surface area contributed by atoms with E-state index in [1.807, 2.05) is 0 Å². The lowest BCUT2D eigenvalue weighted by molar-refractivity contribution is -0.142. The van der Waals surface area contributed by atoms with E-state index in [9.17, 15) is 9.18 Å². The highest BCUT2D eigenvalue weighted by Crippen LogP contribution is 2.13. The number of rotatable bonds is 2. The van der Waals surface area contributed by atoms with E-state index in [1.54, 1.807) is 0 Å². The van der Waals surface area contributed by atoms with Gasteiger partial charge in [-0.3, -0.25) is 10.1 Å². The average molecular weight is 161 g/mol. The van der Waals surface area contributed by atoms with Crippen molar-refractivity contribution in [2.45, 2.75) is 24.9 Å². The fraction of sp³-hybridized carbons (Fsp3) is 0.857. The molecule has 0 unspecified atom stereocenters. The molecule has 0 aliphatic carbocycles. The molecular weight excluding hydrogens is 149 g/mol. The van der Waals surface area contributed by atoms with E-state index in [0.717, 1.165) is 6.42 Å². The van der Waals surface area contributed by atoms with Crippen molar-refractivity contribution < 1.29 is 13.9 Å². The van der Waals surface area contributed by atoms with Crippen molar-refractivity contribution in [3.05, 3.63) is 0 Å². The van der Waals surface area contributed by atoms with Crippen LogP contribution in [0.5, 0.6) is 0 Å². The number of carbonyl (C=O) groups is 1. The minimum absolute atomic E-state index is 0.154. The van der Waals surface area contributed by atoms with E-state index in [0.29, 0.717) is 6.42 Å². The maximum Gasteiger partial charge on any atom is 0.322 e. The van der Waals surface area contributed by atoms with Crippen LogP contribution in [0, 0.1) is 0 Å². The first kappa shape index (κ1) is 8.46. The van der Waals surface area contributed by atoms with E-state index >= 15 is 0 Å². The number of methoxy groups -OCH3 is 1. The monoisotopic (exact) mass is 161 g/mol. The quantitative estimate of drug-likeness (QED) is 0.590. The van der Waals surface area contributed by atoms with Crippen LogP contribution in [-0.2, 0) is 9.53 Å². The molecule has 64 valence electrons. The van der Waals surface area contributed by atoms with Gasteiger partial charge in [-0.05, 0) is 12.8 Å². The van der Waals surface area contributed by atoms with Crippen LogP contribution in [0.3, 0.4) is 0 Å². The van der Waals surface area contributed by atoms with Gasteiger partial charge in [-0.2, -0.15) is 0 Å². The molecule has 4 heteroatoms. The third-order valence-electron chi connectivity index (χ3n) is 1.91. The summed E-state index contributed by atoms with van der Waals surface area (Å²) >= 11 is 0. The summed E-state index contributed by atoms with van der Waals surface area (Å²) in [4.78, 5) is 10.9. The molecular formula is C7H12FNO2. The standard InChI is InChI=1S/C7H12FNO2/c1-11-7(10)6-3-2-5(4-8)9-6/h5-6,9H,2-4H2,1H3/t5-,6+/m0/s1. The number of carbonyl (C=O) groups excluding carboxylic acids is 1. The van der Waals surface area contributed by atoms with Crippen LogP contribution in [0.2, 0.25) is 0 Å². The summed E-state index contributed by atoms with van der Waals surface area (Å²) < 4.78 is 16.5. The summed E-state index contributed by atoms with van der Waals surface area (Å²) in [5.74, 6) is -0.291. The topological polar surface area (TPSA) is 38.3 Å². The van der Waals surface area contributed by atoms with Crippen LogP contribution in [-0.4, -0.2) is 31.8 Å². The molecule has 0 spiro atoms. The highest BCUT2D eigenvalue weighted by molar-refractivity contribution is 5.76. The second kappa shape index (κ2) is 3.67. The largest absolute Gasteiger partial charge is 0.468 e. The van der Waals surface area contributed by atoms with Crippen LogP contribution in [0.25, 0.3) is 0 Å². The number of esters is 1. The molecule has 2 atom stereocenters. The molecule has 1 rings (SSSR count). The van der Waals surface area contributed by atoms with Crippen molar-refractivity contribution in [1.82, 2.24) is 5.32 Å². The summed E-state index contributed by atoms with van der Waals surface area (Å²) in [5, 5.41) is 2.84. The van der Waals surface area contributed by atoms with Gasteiger partial charge in [-0.15, -0.1) is 0 Å². The van der Waals surface area contributed by atoms with Crippen LogP contribution < -0.4 is 5.32 Å². The zero-order valence-electron chi connectivity index (χ0n) is 6.47. The Hall–Kier alpha value is -0.640. The van der Waals surface area contributed by atoms with Gasteiger partial charge in [0.15, 0.2) is 0 Å². The van der Waals surface area contributed by atoms with Crippen molar-refractivity contribution in [3.8, 4) is 0 Å². The smallest absolute Gasteiger partial charge is 0.322 e. The van der Waals surface area contributed by atoms with E-state index in [4.69, 9.17) is 0 Å². The van der Waals surface area contributed by atoms with E-state index in [2.05, 4.69) is 10.1 Å². The van der Waals surface area contributed by atoms with Crippen LogP contribution in [0.15, 0.2) is 0 Å². The zero-order chi connectivity index (χ0) is 8.27. The predicted molar refractivity (Wildman–Crippen MR) is 37.9 cm³/mol. The van der Waals surface area contributed by atoms with Crippen molar-refractivity contribution in [2.75, 3.05) is 13.8 Å². The van der Waals surface area contributed by atoms with Gasteiger partial charge < -0.3 is 4.74 Å². The number of nitrogens with one attached hydrogen (secondary N) is 1. The van der Waals surface area contributed by atoms with Crippen LogP contribution >= 0.6 is 0 Å². The maximum absolute atomic E-state index is 12.0. The predicted octanol–water partition coefficient (Wildman–Crippen LogP) is 0.249. The SMILES string of the molecule is COC(=O)[C@H]1CC[C@@H](CF)N1. The Labute approximate surface area is 64.9 Å². The van der Waals surface area contributed by atoms with Gasteiger partial charge in [-0.25, -0.2) is 4.39 Å². The molecule has 0 aromatic heterocycles. The van der Waals surface area contributed by atoms with E-state index in [1.165, 1.54) is 7.11 Å². The van der Waals surface area contributed by atoms with Gasteiger partial charge in [0.2, 0.25) is 0 Å². The van der Waals surface area contributed by atoms with Gasteiger partial charge >= 0.3 is 5.97 Å². The Morgan fingerprint density at radius 2 is 2.45 bits per heavy atom. The molecule has 0 bridgehead atoms. The third kappa shape index (κ3) is 1.89. The van der Waals surface area contributed by atoms with Gasteiger partial charge in [-0.1, -0.05) is 0 Å². The second-order valence-corrected chi connectivity index (χ2v) is 2.67. The highest BCUT2D eigenvalue weighted by Gasteiger charge is 2.29. The second-order valence-electron chi connectivity index (χ2n) is 2.67. The molecule has 1 aliphatic rings. The number of halogens is 1. The minimum Gasteiger partial charge on any atom is -0.468 e. The highest BCUT2D eigenvalue weighted by atomic mass is 19.1. The molecule has 0 aromatic rings. The molecule has 1 aliphatic heterocycles. The van der Waals surface area contributed by atoms with E-state index in [-0.39, 0.29) is 18.1 Å². The summed E-state index contributed by atoms with van der Waals surface area (Å²) in [5.41, 5.74) is 0. The molecule has 3 nitrogen and oxygen atoms in total. The van der Waals surface area contributed by atoms with Crippen molar-refractivity contribution in [3.63, 3.8) is 0 Å². The first-order valence-corrected chi connectivity index (χ1v) is 3.67. The molecule has 0 amide bonds. The molecule has 1 N–H and O–H groups in total. The lowest BCUT2D eigenvalue weighted by atomic mass is 10.2. The van der Waals surface area contributed by atoms with Crippen LogP contribution in [0.4, 0.5) is 4.39 Å². The molecule has 1 fully saturated rings. The average Bonchev–Trinajstić information content (AvgIpc) is 2.50. The molecule has 1 saturated heterocycles. The summed E-state index contributed by atoms with van der Waals surface area (Å²) in [7, 11) is 1.34. The van der Waals surface area contributed by atoms with Crippen molar-refractivity contribution >= 4 is 5.97 Å². The first-order chi connectivity index (χ1) is 5.27. The minimum atomic E-state index is -0.409. The lowest BCUT2D eigenvalue weighted by Gasteiger charge is -2.08. The fourth-order valence-corrected chi connectivity index (χ4v) is 1.27. The third-order valence-corrected chi connectivity index (χ3v) is 1.91. The maximum atomic E-state index is 12.0. The molecule has 1 heterocycles. The number of ether oxygens (including phenoxy) is 1. The summed E-state index contributed by atoms with van der Waals surface area (Å²) in [6, 6.07) is -0.445. The van der Waals surface area contributed by atoms with Crippen molar-refractivity contribution in [1.29, 1.82) is 0 Å². The van der Waals surface area contributed by atoms with Gasteiger partial charge in [0, 0.05) is 6.04 Å². The lowest BCUT2D eigenvalue weighted by Crippen LogP contribution is -2.37. The molecule has 0 saturated carbocycles.